The van der Waals surface area contributed by atoms with Gasteiger partial charge in [-0.05, 0) is 61.7 Å². The van der Waals surface area contributed by atoms with Crippen LogP contribution in [-0.2, 0) is 0 Å². The van der Waals surface area contributed by atoms with Crippen LogP contribution in [0.15, 0.2) is 36.4 Å². The van der Waals surface area contributed by atoms with Crippen LogP contribution in [0.25, 0.3) is 22.4 Å². The molecule has 1 aliphatic rings. The third-order valence-corrected chi connectivity index (χ3v) is 5.28. The van der Waals surface area contributed by atoms with Crippen LogP contribution >= 0.6 is 0 Å². The number of rotatable bonds is 4. The number of hydrogen-bond donors (Lipinski definition) is 1. The van der Waals surface area contributed by atoms with Crippen LogP contribution in [0.2, 0.25) is 0 Å². The molecule has 1 N–H and O–H groups in total. The van der Waals surface area contributed by atoms with Crippen LogP contribution < -0.4 is 4.74 Å². The number of aromatic carboxylic acids is 1. The van der Waals surface area contributed by atoms with E-state index in [0.717, 1.165) is 46.6 Å². The Balaban J connectivity index is 1.93. The van der Waals surface area contributed by atoms with E-state index in [1.165, 1.54) is 12.8 Å². The highest BCUT2D eigenvalue weighted by Crippen LogP contribution is 2.37. The minimum atomic E-state index is -0.927. The predicted molar refractivity (Wildman–Crippen MR) is 101 cm³/mol. The molecule has 1 saturated carbocycles. The number of fused-ring (bicyclic) bond motifs is 1. The molecule has 0 bridgehead atoms. The quantitative estimate of drug-likeness (QED) is 0.732. The molecule has 26 heavy (non-hydrogen) atoms. The van der Waals surface area contributed by atoms with E-state index in [1.54, 1.807) is 19.2 Å². The van der Waals surface area contributed by atoms with Crippen molar-refractivity contribution in [3.8, 4) is 17.1 Å². The summed E-state index contributed by atoms with van der Waals surface area (Å²) in [5.41, 5.74) is 4.10. The van der Waals surface area contributed by atoms with Crippen molar-refractivity contribution in [2.24, 2.45) is 0 Å². The molecule has 0 spiro atoms. The maximum Gasteiger partial charge on any atom is 0.335 e. The number of carbonyl (C=O) groups is 1. The summed E-state index contributed by atoms with van der Waals surface area (Å²) < 4.78 is 7.68. The fourth-order valence-electron chi connectivity index (χ4n) is 3.99. The Morgan fingerprint density at radius 1 is 1.19 bits per heavy atom. The van der Waals surface area contributed by atoms with Gasteiger partial charge in [0.1, 0.15) is 11.6 Å². The van der Waals surface area contributed by atoms with E-state index in [1.807, 2.05) is 25.1 Å². The smallest absolute Gasteiger partial charge is 0.335 e. The van der Waals surface area contributed by atoms with Crippen LogP contribution in [0, 0.1) is 6.92 Å². The fraction of sp³-hybridized carbons (Fsp3) is 0.333. The summed E-state index contributed by atoms with van der Waals surface area (Å²) >= 11 is 0. The van der Waals surface area contributed by atoms with E-state index in [4.69, 9.17) is 9.72 Å². The number of nitrogens with zero attached hydrogens (tertiary/aromatic N) is 2. The zero-order valence-electron chi connectivity index (χ0n) is 15.0. The first kappa shape index (κ1) is 16.6. The monoisotopic (exact) mass is 350 g/mol. The Hall–Kier alpha value is -2.82. The predicted octanol–water partition coefficient (Wildman–Crippen LogP) is 4.83. The first-order valence-electron chi connectivity index (χ1n) is 8.99. The van der Waals surface area contributed by atoms with E-state index >= 15 is 0 Å². The molecule has 0 atom stereocenters. The van der Waals surface area contributed by atoms with Gasteiger partial charge in [-0.15, -0.1) is 0 Å². The molecule has 0 saturated heterocycles. The molecule has 3 aromatic rings. The van der Waals surface area contributed by atoms with Crippen LogP contribution in [-0.4, -0.2) is 27.7 Å². The summed E-state index contributed by atoms with van der Waals surface area (Å²) in [6.45, 7) is 2.02. The Morgan fingerprint density at radius 3 is 2.62 bits per heavy atom. The van der Waals surface area contributed by atoms with Crippen molar-refractivity contribution in [2.75, 3.05) is 7.11 Å². The third kappa shape index (κ3) is 2.73. The molecule has 1 heterocycles. The van der Waals surface area contributed by atoms with Gasteiger partial charge >= 0.3 is 5.97 Å². The van der Waals surface area contributed by atoms with Crippen molar-refractivity contribution in [1.29, 1.82) is 0 Å². The molecule has 5 heteroatoms. The number of carboxylic acid groups (broad SMARTS) is 1. The molecule has 1 aromatic heterocycles. The maximum absolute atomic E-state index is 11.3. The molecule has 0 aliphatic heterocycles. The summed E-state index contributed by atoms with van der Waals surface area (Å²) in [6, 6.07) is 11.7. The van der Waals surface area contributed by atoms with E-state index in [-0.39, 0.29) is 5.56 Å². The molecule has 0 amide bonds. The summed E-state index contributed by atoms with van der Waals surface area (Å²) in [7, 11) is 1.67. The van der Waals surface area contributed by atoms with Crippen molar-refractivity contribution >= 4 is 17.0 Å². The molecule has 1 aliphatic carbocycles. The minimum Gasteiger partial charge on any atom is -0.496 e. The van der Waals surface area contributed by atoms with Gasteiger partial charge in [0.15, 0.2) is 0 Å². The van der Waals surface area contributed by atoms with Crippen molar-refractivity contribution in [2.45, 2.75) is 38.6 Å². The maximum atomic E-state index is 11.3. The second-order valence-electron chi connectivity index (χ2n) is 6.94. The van der Waals surface area contributed by atoms with Crippen LogP contribution in [0.3, 0.4) is 0 Å². The topological polar surface area (TPSA) is 64.3 Å². The summed E-state index contributed by atoms with van der Waals surface area (Å²) in [5, 5.41) is 9.29. The highest BCUT2D eigenvalue weighted by Gasteiger charge is 2.24. The lowest BCUT2D eigenvalue weighted by molar-refractivity contribution is 0.0697. The number of carboxylic acids is 1. The Kier molecular flexibility index (Phi) is 4.15. The number of aryl methyl sites for hydroxylation is 1. The van der Waals surface area contributed by atoms with Gasteiger partial charge in [-0.25, -0.2) is 9.78 Å². The van der Waals surface area contributed by atoms with Gasteiger partial charge in [-0.3, -0.25) is 0 Å². The zero-order valence-corrected chi connectivity index (χ0v) is 15.0. The average molecular weight is 350 g/mol. The molecule has 5 nitrogen and oxygen atoms in total. The summed E-state index contributed by atoms with van der Waals surface area (Å²) in [5.74, 6) is 0.829. The Labute approximate surface area is 152 Å². The van der Waals surface area contributed by atoms with Gasteiger partial charge in [0.05, 0.1) is 23.7 Å². The Morgan fingerprint density at radius 2 is 1.96 bits per heavy atom. The fourth-order valence-corrected chi connectivity index (χ4v) is 3.99. The van der Waals surface area contributed by atoms with Crippen molar-refractivity contribution in [1.82, 2.24) is 9.55 Å². The summed E-state index contributed by atoms with van der Waals surface area (Å²) in [6.07, 6.45) is 4.71. The average Bonchev–Trinajstić information content (AvgIpc) is 3.27. The van der Waals surface area contributed by atoms with Gasteiger partial charge in [0.25, 0.3) is 0 Å². The van der Waals surface area contributed by atoms with Crippen LogP contribution in [0.5, 0.6) is 5.75 Å². The second kappa shape index (κ2) is 6.48. The third-order valence-electron chi connectivity index (χ3n) is 5.28. The molecule has 4 rings (SSSR count). The summed E-state index contributed by atoms with van der Waals surface area (Å²) in [4.78, 5) is 16.2. The first-order valence-corrected chi connectivity index (χ1v) is 8.99. The first-order chi connectivity index (χ1) is 12.6. The van der Waals surface area contributed by atoms with E-state index in [2.05, 4.69) is 10.6 Å². The van der Waals surface area contributed by atoms with Gasteiger partial charge in [0, 0.05) is 11.6 Å². The number of methoxy groups -OCH3 is 1. The molecule has 134 valence electrons. The SMILES string of the molecule is COc1ccc(-c2nc3cc(C(=O)O)ccc3n2C2CCCC2)cc1C. The highest BCUT2D eigenvalue weighted by atomic mass is 16.5. The number of ether oxygens (including phenoxy) is 1. The van der Waals surface area contributed by atoms with E-state index in [9.17, 15) is 9.90 Å². The van der Waals surface area contributed by atoms with Gasteiger partial charge in [0.2, 0.25) is 0 Å². The largest absolute Gasteiger partial charge is 0.496 e. The van der Waals surface area contributed by atoms with Crippen LogP contribution in [0.4, 0.5) is 0 Å². The van der Waals surface area contributed by atoms with Gasteiger partial charge in [-0.1, -0.05) is 12.8 Å². The van der Waals surface area contributed by atoms with Crippen molar-refractivity contribution in [3.63, 3.8) is 0 Å². The normalized spacial score (nSPS) is 14.8. The lowest BCUT2D eigenvalue weighted by Gasteiger charge is -2.17. The molecule has 2 aromatic carbocycles. The standard InChI is InChI=1S/C21H22N2O3/c1-13-11-14(8-10-19(13)26-2)20-22-17-12-15(21(24)25)7-9-18(17)23(20)16-5-3-4-6-16/h7-12,16H,3-6H2,1-2H3,(H,24,25). The highest BCUT2D eigenvalue weighted by molar-refractivity contribution is 5.93. The number of benzene rings is 2. The number of imidazole rings is 1. The molecule has 1 fully saturated rings. The van der Waals surface area contributed by atoms with Crippen molar-refractivity contribution in [3.05, 3.63) is 47.5 Å². The second-order valence-corrected chi connectivity index (χ2v) is 6.94. The number of aromatic nitrogens is 2. The Bertz CT molecular complexity index is 984. The lowest BCUT2D eigenvalue weighted by atomic mass is 10.1. The minimum absolute atomic E-state index is 0.269. The van der Waals surface area contributed by atoms with E-state index < -0.39 is 5.97 Å². The molecular weight excluding hydrogens is 328 g/mol. The molecular formula is C21H22N2O3. The van der Waals surface area contributed by atoms with Crippen molar-refractivity contribution < 1.29 is 14.6 Å². The zero-order chi connectivity index (χ0) is 18.3. The number of hydrogen-bond acceptors (Lipinski definition) is 3. The lowest BCUT2D eigenvalue weighted by Crippen LogP contribution is -2.07. The van der Waals surface area contributed by atoms with Gasteiger partial charge < -0.3 is 14.4 Å². The molecule has 0 radical (unpaired) electrons. The van der Waals surface area contributed by atoms with Crippen LogP contribution in [0.1, 0.15) is 47.6 Å². The van der Waals surface area contributed by atoms with E-state index in [0.29, 0.717) is 6.04 Å². The molecule has 0 unspecified atom stereocenters. The van der Waals surface area contributed by atoms with Gasteiger partial charge in [-0.2, -0.15) is 0 Å².